The van der Waals surface area contributed by atoms with E-state index in [-0.39, 0.29) is 24.9 Å². The lowest BCUT2D eigenvalue weighted by atomic mass is 9.70. The summed E-state index contributed by atoms with van der Waals surface area (Å²) in [5, 5.41) is 16.6. The quantitative estimate of drug-likeness (QED) is 0.535. The van der Waals surface area contributed by atoms with Gasteiger partial charge in [-0.05, 0) is 36.2 Å². The number of hydrogen-bond donors (Lipinski definition) is 4. The van der Waals surface area contributed by atoms with Crippen LogP contribution >= 0.6 is 0 Å². The van der Waals surface area contributed by atoms with E-state index in [1.165, 1.54) is 0 Å². The second kappa shape index (κ2) is 10.8. The van der Waals surface area contributed by atoms with Crippen LogP contribution in [0.3, 0.4) is 0 Å². The molecule has 0 radical (unpaired) electrons. The van der Waals surface area contributed by atoms with E-state index in [2.05, 4.69) is 36.7 Å². The fourth-order valence-electron chi connectivity index (χ4n) is 4.18. The number of rotatable bonds is 8. The summed E-state index contributed by atoms with van der Waals surface area (Å²) in [6.07, 6.45) is 1.86. The predicted octanol–water partition coefficient (Wildman–Crippen LogP) is 2.94. The van der Waals surface area contributed by atoms with Crippen LogP contribution in [-0.2, 0) is 9.59 Å². The van der Waals surface area contributed by atoms with Crippen molar-refractivity contribution in [3.8, 4) is 0 Å². The summed E-state index contributed by atoms with van der Waals surface area (Å²) in [7, 11) is 0. The lowest BCUT2D eigenvalue weighted by molar-refractivity contribution is -0.129. The molecule has 3 amide bonds. The summed E-state index contributed by atoms with van der Waals surface area (Å²) in [5.74, 6) is 0.934. The second-order valence-electron chi connectivity index (χ2n) is 8.37. The monoisotopic (exact) mass is 403 g/mol. The minimum absolute atomic E-state index is 0.0143. The SMILES string of the molecule is CC(C)[C@@H]1CC[C@@H](C)C[C@H]1C(=O)NC[C@@H](NC(=O)CNC(=O)O)c1ccccc1. The third-order valence-electron chi connectivity index (χ3n) is 5.78. The molecule has 7 nitrogen and oxygen atoms in total. The minimum Gasteiger partial charge on any atom is -0.465 e. The van der Waals surface area contributed by atoms with Crippen molar-refractivity contribution in [2.75, 3.05) is 13.1 Å². The molecule has 0 bridgehead atoms. The van der Waals surface area contributed by atoms with Gasteiger partial charge in [0.2, 0.25) is 11.8 Å². The molecule has 0 unspecified atom stereocenters. The van der Waals surface area contributed by atoms with Crippen LogP contribution < -0.4 is 16.0 Å². The van der Waals surface area contributed by atoms with Crippen molar-refractivity contribution < 1.29 is 19.5 Å². The molecule has 29 heavy (non-hydrogen) atoms. The van der Waals surface area contributed by atoms with Crippen LogP contribution in [0.25, 0.3) is 0 Å². The van der Waals surface area contributed by atoms with Gasteiger partial charge in [-0.25, -0.2) is 4.79 Å². The number of nitrogens with one attached hydrogen (secondary N) is 3. The highest BCUT2D eigenvalue weighted by Crippen LogP contribution is 2.38. The first-order valence-electron chi connectivity index (χ1n) is 10.4. The summed E-state index contributed by atoms with van der Waals surface area (Å²) < 4.78 is 0. The van der Waals surface area contributed by atoms with Gasteiger partial charge in [0.05, 0.1) is 6.04 Å². The summed E-state index contributed by atoms with van der Waals surface area (Å²) in [6, 6.07) is 8.93. The van der Waals surface area contributed by atoms with Gasteiger partial charge in [-0.3, -0.25) is 9.59 Å². The standard InChI is InChI=1S/C22H33N3O4/c1-14(2)17-10-9-15(3)11-18(17)21(27)23-12-19(16-7-5-4-6-8-16)25-20(26)13-24-22(28)29/h4-8,14-15,17-19,24H,9-13H2,1-3H3,(H,23,27)(H,25,26)(H,28,29)/t15-,17+,18-,19-/m1/s1. The topological polar surface area (TPSA) is 108 Å². The molecule has 0 aromatic heterocycles. The predicted molar refractivity (Wildman–Crippen MR) is 111 cm³/mol. The maximum absolute atomic E-state index is 13.0. The number of carbonyl (C=O) groups excluding carboxylic acids is 2. The van der Waals surface area contributed by atoms with E-state index >= 15 is 0 Å². The van der Waals surface area contributed by atoms with Crippen molar-refractivity contribution in [3.05, 3.63) is 35.9 Å². The van der Waals surface area contributed by atoms with Gasteiger partial charge in [-0.2, -0.15) is 0 Å². The highest BCUT2D eigenvalue weighted by Gasteiger charge is 2.35. The van der Waals surface area contributed by atoms with E-state index in [4.69, 9.17) is 5.11 Å². The van der Waals surface area contributed by atoms with Gasteiger partial charge in [0.1, 0.15) is 6.54 Å². The molecule has 0 heterocycles. The number of hydrogen-bond acceptors (Lipinski definition) is 3. The first-order chi connectivity index (χ1) is 13.8. The maximum atomic E-state index is 13.0. The van der Waals surface area contributed by atoms with E-state index in [0.717, 1.165) is 24.8 Å². The zero-order chi connectivity index (χ0) is 21.4. The molecule has 0 aliphatic heterocycles. The van der Waals surface area contributed by atoms with Crippen LogP contribution in [0.15, 0.2) is 30.3 Å². The summed E-state index contributed by atoms with van der Waals surface area (Å²) >= 11 is 0. The Kier molecular flexibility index (Phi) is 8.49. The Hall–Kier alpha value is -2.57. The highest BCUT2D eigenvalue weighted by molar-refractivity contribution is 5.82. The van der Waals surface area contributed by atoms with Crippen LogP contribution in [0.4, 0.5) is 4.79 Å². The first kappa shape index (κ1) is 22.7. The molecular weight excluding hydrogens is 370 g/mol. The molecule has 7 heteroatoms. The number of carbonyl (C=O) groups is 3. The van der Waals surface area contributed by atoms with E-state index in [0.29, 0.717) is 17.8 Å². The number of carboxylic acid groups (broad SMARTS) is 1. The van der Waals surface area contributed by atoms with Crippen molar-refractivity contribution in [1.29, 1.82) is 0 Å². The largest absolute Gasteiger partial charge is 0.465 e. The molecule has 160 valence electrons. The van der Waals surface area contributed by atoms with Gasteiger partial charge in [0, 0.05) is 12.5 Å². The van der Waals surface area contributed by atoms with Crippen molar-refractivity contribution in [3.63, 3.8) is 0 Å². The Labute approximate surface area is 172 Å². The Morgan fingerprint density at radius 3 is 2.41 bits per heavy atom. The van der Waals surface area contributed by atoms with Crippen molar-refractivity contribution >= 4 is 17.9 Å². The second-order valence-corrected chi connectivity index (χ2v) is 8.37. The molecule has 1 aromatic rings. The summed E-state index contributed by atoms with van der Waals surface area (Å²) in [6.45, 7) is 6.46. The van der Waals surface area contributed by atoms with E-state index < -0.39 is 18.0 Å². The molecule has 4 N–H and O–H groups in total. The Morgan fingerprint density at radius 1 is 1.10 bits per heavy atom. The van der Waals surface area contributed by atoms with Crippen LogP contribution in [0, 0.1) is 23.7 Å². The van der Waals surface area contributed by atoms with Gasteiger partial charge in [0.15, 0.2) is 0 Å². The Morgan fingerprint density at radius 2 is 1.79 bits per heavy atom. The van der Waals surface area contributed by atoms with Crippen LogP contribution in [0.1, 0.15) is 51.6 Å². The van der Waals surface area contributed by atoms with E-state index in [1.54, 1.807) is 0 Å². The zero-order valence-corrected chi connectivity index (χ0v) is 17.5. The minimum atomic E-state index is -1.25. The molecule has 1 fully saturated rings. The highest BCUT2D eigenvalue weighted by atomic mass is 16.4. The third kappa shape index (κ3) is 7.07. The van der Waals surface area contributed by atoms with Crippen molar-refractivity contribution in [2.45, 2.75) is 46.1 Å². The zero-order valence-electron chi connectivity index (χ0n) is 17.5. The smallest absolute Gasteiger partial charge is 0.405 e. The lowest BCUT2D eigenvalue weighted by Gasteiger charge is -2.36. The molecule has 1 aromatic carbocycles. The first-order valence-corrected chi connectivity index (χ1v) is 10.4. The van der Waals surface area contributed by atoms with Gasteiger partial charge >= 0.3 is 6.09 Å². The number of amides is 3. The van der Waals surface area contributed by atoms with Crippen LogP contribution in [-0.4, -0.2) is 36.1 Å². The molecule has 1 aliphatic carbocycles. The Balaban J connectivity index is 2.03. The van der Waals surface area contributed by atoms with Gasteiger partial charge in [-0.1, -0.05) is 57.5 Å². The lowest BCUT2D eigenvalue weighted by Crippen LogP contribution is -2.45. The number of benzene rings is 1. The average Bonchev–Trinajstić information content (AvgIpc) is 2.69. The molecule has 4 atom stereocenters. The van der Waals surface area contributed by atoms with Gasteiger partial charge in [0.25, 0.3) is 0 Å². The van der Waals surface area contributed by atoms with Crippen molar-refractivity contribution in [1.82, 2.24) is 16.0 Å². The fourth-order valence-corrected chi connectivity index (χ4v) is 4.18. The third-order valence-corrected chi connectivity index (χ3v) is 5.78. The van der Waals surface area contributed by atoms with Crippen LogP contribution in [0.2, 0.25) is 0 Å². The normalized spacial score (nSPS) is 22.6. The average molecular weight is 404 g/mol. The molecule has 2 rings (SSSR count). The molecule has 0 spiro atoms. The van der Waals surface area contributed by atoms with Gasteiger partial charge in [-0.15, -0.1) is 0 Å². The molecule has 0 saturated heterocycles. The van der Waals surface area contributed by atoms with E-state index in [9.17, 15) is 14.4 Å². The van der Waals surface area contributed by atoms with Gasteiger partial charge < -0.3 is 21.1 Å². The summed E-state index contributed by atoms with van der Waals surface area (Å²) in [5.41, 5.74) is 0.855. The van der Waals surface area contributed by atoms with Crippen molar-refractivity contribution in [2.24, 2.45) is 23.7 Å². The maximum Gasteiger partial charge on any atom is 0.405 e. The van der Waals surface area contributed by atoms with Crippen LogP contribution in [0.5, 0.6) is 0 Å². The summed E-state index contributed by atoms with van der Waals surface area (Å²) in [4.78, 5) is 35.7. The fraction of sp³-hybridized carbons (Fsp3) is 0.591. The molecule has 1 aliphatic rings. The van der Waals surface area contributed by atoms with E-state index in [1.807, 2.05) is 30.3 Å². The molecular formula is C22H33N3O4. The molecule has 1 saturated carbocycles. The Bertz CT molecular complexity index is 693.